The lowest BCUT2D eigenvalue weighted by atomic mass is 9.93. The average Bonchev–Trinajstić information content (AvgIpc) is 2.09. The van der Waals surface area contributed by atoms with Gasteiger partial charge in [0, 0.05) is 0 Å². The van der Waals surface area contributed by atoms with Crippen LogP contribution in [0.4, 0.5) is 0 Å². The van der Waals surface area contributed by atoms with Crippen LogP contribution in [0.25, 0.3) is 0 Å². The van der Waals surface area contributed by atoms with Crippen LogP contribution in [-0.2, 0) is 9.53 Å². The van der Waals surface area contributed by atoms with Gasteiger partial charge < -0.3 is 4.74 Å². The third-order valence-electron chi connectivity index (χ3n) is 2.55. The third kappa shape index (κ3) is 2.23. The minimum absolute atomic E-state index is 0.0370. The highest BCUT2D eigenvalue weighted by atomic mass is 16.5. The molecule has 2 heteroatoms. The van der Waals surface area contributed by atoms with Gasteiger partial charge in [0.2, 0.25) is 0 Å². The van der Waals surface area contributed by atoms with Crippen molar-refractivity contribution in [1.82, 2.24) is 0 Å². The molecule has 1 aliphatic heterocycles. The van der Waals surface area contributed by atoms with Gasteiger partial charge in [-0.05, 0) is 25.7 Å². The van der Waals surface area contributed by atoms with Crippen LogP contribution < -0.4 is 0 Å². The molecule has 2 nitrogen and oxygen atoms in total. The molecule has 0 aliphatic carbocycles. The Morgan fingerprint density at radius 1 is 1.42 bits per heavy atom. The van der Waals surface area contributed by atoms with Crippen molar-refractivity contribution in [2.24, 2.45) is 5.92 Å². The molecule has 70 valence electrons. The van der Waals surface area contributed by atoms with Crippen LogP contribution in [0.1, 0.15) is 46.0 Å². The highest BCUT2D eigenvalue weighted by Crippen LogP contribution is 2.25. The summed E-state index contributed by atoms with van der Waals surface area (Å²) in [6.45, 7) is 4.18. The molecule has 1 fully saturated rings. The number of carbonyl (C=O) groups is 1. The summed E-state index contributed by atoms with van der Waals surface area (Å²) >= 11 is 0. The number of rotatable bonds is 3. The first-order valence-electron chi connectivity index (χ1n) is 4.98. The van der Waals surface area contributed by atoms with Crippen molar-refractivity contribution in [3.8, 4) is 0 Å². The van der Waals surface area contributed by atoms with Gasteiger partial charge in [0.25, 0.3) is 0 Å². The van der Waals surface area contributed by atoms with Gasteiger partial charge in [-0.1, -0.05) is 20.3 Å². The van der Waals surface area contributed by atoms with E-state index < -0.39 is 0 Å². The van der Waals surface area contributed by atoms with E-state index in [1.165, 1.54) is 0 Å². The molecule has 0 amide bonds. The molecule has 0 saturated carbocycles. The normalized spacial score (nSPS) is 30.0. The molecule has 1 rings (SSSR count). The molecule has 0 bridgehead atoms. The van der Waals surface area contributed by atoms with E-state index in [0.29, 0.717) is 0 Å². The topological polar surface area (TPSA) is 26.3 Å². The van der Waals surface area contributed by atoms with E-state index in [2.05, 4.69) is 13.8 Å². The molecule has 1 saturated heterocycles. The van der Waals surface area contributed by atoms with Crippen LogP contribution in [0.5, 0.6) is 0 Å². The fourth-order valence-corrected chi connectivity index (χ4v) is 1.72. The lowest BCUT2D eigenvalue weighted by Gasteiger charge is -2.27. The van der Waals surface area contributed by atoms with Gasteiger partial charge in [-0.25, -0.2) is 0 Å². The summed E-state index contributed by atoms with van der Waals surface area (Å²) in [4.78, 5) is 11.3. The smallest absolute Gasteiger partial charge is 0.309 e. The van der Waals surface area contributed by atoms with Crippen LogP contribution in [0.3, 0.4) is 0 Å². The number of hydrogen-bond acceptors (Lipinski definition) is 2. The van der Waals surface area contributed by atoms with Crippen molar-refractivity contribution >= 4 is 5.97 Å². The second kappa shape index (κ2) is 4.48. The van der Waals surface area contributed by atoms with E-state index in [0.717, 1.165) is 32.1 Å². The zero-order chi connectivity index (χ0) is 8.97. The Morgan fingerprint density at radius 3 is 2.67 bits per heavy atom. The Balaban J connectivity index is 2.37. The van der Waals surface area contributed by atoms with Crippen molar-refractivity contribution in [3.05, 3.63) is 0 Å². The van der Waals surface area contributed by atoms with Gasteiger partial charge in [0.05, 0.1) is 5.92 Å². The molecule has 0 spiro atoms. The summed E-state index contributed by atoms with van der Waals surface area (Å²) in [6, 6.07) is 0. The number of carbonyl (C=O) groups excluding carboxylic acids is 1. The fraction of sp³-hybridized carbons (Fsp3) is 0.900. The summed E-state index contributed by atoms with van der Waals surface area (Å²) < 4.78 is 5.26. The Bertz CT molecular complexity index is 154. The van der Waals surface area contributed by atoms with Gasteiger partial charge in [0.1, 0.15) is 6.10 Å². The van der Waals surface area contributed by atoms with E-state index in [9.17, 15) is 4.79 Å². The van der Waals surface area contributed by atoms with Gasteiger partial charge in [-0.2, -0.15) is 0 Å². The minimum Gasteiger partial charge on any atom is -0.462 e. The molecule has 1 aliphatic rings. The third-order valence-corrected chi connectivity index (χ3v) is 2.55. The summed E-state index contributed by atoms with van der Waals surface area (Å²) in [5.74, 6) is 0.229. The van der Waals surface area contributed by atoms with Gasteiger partial charge >= 0.3 is 5.97 Å². The highest BCUT2D eigenvalue weighted by molar-refractivity contribution is 5.73. The summed E-state index contributed by atoms with van der Waals surface area (Å²) in [7, 11) is 0. The number of ether oxygens (including phenoxy) is 1. The molecule has 1 heterocycles. The van der Waals surface area contributed by atoms with E-state index in [-0.39, 0.29) is 18.0 Å². The molecular weight excluding hydrogens is 152 g/mol. The highest BCUT2D eigenvalue weighted by Gasteiger charge is 2.27. The molecule has 0 N–H and O–H groups in total. The predicted octanol–water partition coefficient (Wildman–Crippen LogP) is 2.52. The average molecular weight is 170 g/mol. The lowest BCUT2D eigenvalue weighted by molar-refractivity contribution is -0.160. The van der Waals surface area contributed by atoms with Crippen LogP contribution in [0.15, 0.2) is 0 Å². The fourth-order valence-electron chi connectivity index (χ4n) is 1.72. The summed E-state index contributed by atoms with van der Waals surface area (Å²) in [6.07, 6.45) is 5.33. The van der Waals surface area contributed by atoms with E-state index >= 15 is 0 Å². The van der Waals surface area contributed by atoms with Crippen LogP contribution >= 0.6 is 0 Å². The SMILES string of the molecule is CCC[C@@H]1CC[C@@H](CC)OC1=O. The number of esters is 1. The molecule has 0 aromatic heterocycles. The molecule has 0 aromatic carbocycles. The standard InChI is InChI=1S/C10H18O2/c1-3-5-8-6-7-9(4-2)12-10(8)11/h8-9H,3-7H2,1-2H3/t8-,9-/m1/s1. The Hall–Kier alpha value is -0.530. The molecule has 0 unspecified atom stereocenters. The maximum atomic E-state index is 11.3. The Morgan fingerprint density at radius 2 is 2.17 bits per heavy atom. The van der Waals surface area contributed by atoms with Crippen molar-refractivity contribution in [2.45, 2.75) is 52.1 Å². The predicted molar refractivity (Wildman–Crippen MR) is 47.8 cm³/mol. The minimum atomic E-state index is 0.0370. The monoisotopic (exact) mass is 170 g/mol. The zero-order valence-electron chi connectivity index (χ0n) is 8.01. The van der Waals surface area contributed by atoms with E-state index in [1.807, 2.05) is 0 Å². The Labute approximate surface area is 74.3 Å². The zero-order valence-corrected chi connectivity index (χ0v) is 8.01. The maximum absolute atomic E-state index is 11.3. The van der Waals surface area contributed by atoms with Gasteiger partial charge in [-0.15, -0.1) is 0 Å². The number of hydrogen-bond donors (Lipinski definition) is 0. The lowest BCUT2D eigenvalue weighted by Crippen LogP contribution is -2.30. The van der Waals surface area contributed by atoms with E-state index in [1.54, 1.807) is 0 Å². The first-order valence-corrected chi connectivity index (χ1v) is 4.98. The first kappa shape index (κ1) is 9.56. The van der Waals surface area contributed by atoms with Crippen molar-refractivity contribution in [3.63, 3.8) is 0 Å². The second-order valence-electron chi connectivity index (χ2n) is 3.53. The van der Waals surface area contributed by atoms with E-state index in [4.69, 9.17) is 4.74 Å². The van der Waals surface area contributed by atoms with Crippen LogP contribution in [0.2, 0.25) is 0 Å². The largest absolute Gasteiger partial charge is 0.462 e. The molecule has 2 atom stereocenters. The van der Waals surface area contributed by atoms with Gasteiger partial charge in [-0.3, -0.25) is 4.79 Å². The van der Waals surface area contributed by atoms with Crippen LogP contribution in [-0.4, -0.2) is 12.1 Å². The quantitative estimate of drug-likeness (QED) is 0.608. The van der Waals surface area contributed by atoms with Gasteiger partial charge in [0.15, 0.2) is 0 Å². The second-order valence-corrected chi connectivity index (χ2v) is 3.53. The van der Waals surface area contributed by atoms with Crippen molar-refractivity contribution in [1.29, 1.82) is 0 Å². The van der Waals surface area contributed by atoms with Crippen molar-refractivity contribution < 1.29 is 9.53 Å². The summed E-state index contributed by atoms with van der Waals surface area (Å²) in [5.41, 5.74) is 0. The van der Waals surface area contributed by atoms with Crippen LogP contribution in [0, 0.1) is 5.92 Å². The first-order chi connectivity index (χ1) is 5.77. The maximum Gasteiger partial charge on any atom is 0.309 e. The Kier molecular flexibility index (Phi) is 3.57. The molecule has 12 heavy (non-hydrogen) atoms. The van der Waals surface area contributed by atoms with Crippen molar-refractivity contribution in [2.75, 3.05) is 0 Å². The summed E-state index contributed by atoms with van der Waals surface area (Å²) in [5, 5.41) is 0. The molecule has 0 radical (unpaired) electrons. The number of cyclic esters (lactones) is 1. The molecule has 0 aromatic rings. The molecular formula is C10H18O2.